The van der Waals surface area contributed by atoms with Crippen molar-refractivity contribution in [2.24, 2.45) is 0 Å². The van der Waals surface area contributed by atoms with Crippen LogP contribution in [-0.2, 0) is 6.54 Å². The normalized spacial score (nSPS) is 15.9. The second kappa shape index (κ2) is 6.91. The summed E-state index contributed by atoms with van der Waals surface area (Å²) in [5, 5.41) is 3.97. The zero-order chi connectivity index (χ0) is 17.1. The third kappa shape index (κ3) is 3.51. The van der Waals surface area contributed by atoms with Gasteiger partial charge in [-0.1, -0.05) is 19.0 Å². The van der Waals surface area contributed by atoms with Crippen molar-refractivity contribution in [3.63, 3.8) is 0 Å². The average molecular weight is 331 g/mol. The molecule has 0 aliphatic carbocycles. The number of rotatable bonds is 4. The molecule has 1 aliphatic heterocycles. The fourth-order valence-corrected chi connectivity index (χ4v) is 2.53. The monoisotopic (exact) mass is 331 g/mol. The van der Waals surface area contributed by atoms with Crippen LogP contribution >= 0.6 is 0 Å². The number of nitrogens with zero attached hydrogens (tertiary/aromatic N) is 6. The quantitative estimate of drug-likeness (QED) is 0.862. The van der Waals surface area contributed by atoms with E-state index in [-0.39, 0.29) is 23.3 Å². The van der Waals surface area contributed by atoms with Crippen LogP contribution in [0.25, 0.3) is 0 Å². The third-order valence-corrected chi connectivity index (χ3v) is 3.95. The van der Waals surface area contributed by atoms with Crippen LogP contribution in [0.2, 0.25) is 0 Å². The van der Waals surface area contributed by atoms with Gasteiger partial charge in [0.1, 0.15) is 0 Å². The Kier molecular flexibility index (Phi) is 4.70. The van der Waals surface area contributed by atoms with Gasteiger partial charge in [-0.25, -0.2) is 9.97 Å². The highest BCUT2D eigenvalue weighted by Gasteiger charge is 2.25. The van der Waals surface area contributed by atoms with Gasteiger partial charge < -0.3 is 15.2 Å². The molecule has 2 aromatic heterocycles. The lowest BCUT2D eigenvalue weighted by Gasteiger charge is -2.33. The van der Waals surface area contributed by atoms with E-state index in [9.17, 15) is 4.79 Å². The van der Waals surface area contributed by atoms with E-state index in [0.717, 1.165) is 18.9 Å². The van der Waals surface area contributed by atoms with Crippen LogP contribution in [0.1, 0.15) is 42.0 Å². The fourth-order valence-electron chi connectivity index (χ4n) is 2.53. The molecule has 0 unspecified atom stereocenters. The molecular formula is C15H21N7O2. The zero-order valence-corrected chi connectivity index (χ0v) is 13.8. The first-order chi connectivity index (χ1) is 11.5. The summed E-state index contributed by atoms with van der Waals surface area (Å²) in [6.45, 7) is 7.29. The van der Waals surface area contributed by atoms with Crippen molar-refractivity contribution < 1.29 is 9.32 Å². The first kappa shape index (κ1) is 16.3. The first-order valence-corrected chi connectivity index (χ1v) is 7.95. The molecule has 0 bridgehead atoms. The molecular weight excluding hydrogens is 310 g/mol. The number of aromatic nitrogens is 4. The molecule has 128 valence electrons. The molecule has 1 fully saturated rings. The molecule has 1 amide bonds. The van der Waals surface area contributed by atoms with Crippen LogP contribution in [0, 0.1) is 0 Å². The third-order valence-electron chi connectivity index (χ3n) is 3.95. The van der Waals surface area contributed by atoms with Crippen LogP contribution in [0.4, 0.5) is 5.82 Å². The van der Waals surface area contributed by atoms with E-state index < -0.39 is 0 Å². The van der Waals surface area contributed by atoms with Crippen molar-refractivity contribution in [1.82, 2.24) is 29.9 Å². The summed E-state index contributed by atoms with van der Waals surface area (Å²) in [6, 6.07) is 0. The Hall–Kier alpha value is -2.55. The predicted octanol–water partition coefficient (Wildman–Crippen LogP) is 0.523. The summed E-state index contributed by atoms with van der Waals surface area (Å²) in [6.07, 6.45) is 2.95. The van der Waals surface area contributed by atoms with Gasteiger partial charge in [-0.2, -0.15) is 4.98 Å². The maximum absolute atomic E-state index is 12.4. The lowest BCUT2D eigenvalue weighted by atomic mass is 10.2. The summed E-state index contributed by atoms with van der Waals surface area (Å²) in [4.78, 5) is 28.7. The maximum atomic E-state index is 12.4. The number of hydrogen-bond acceptors (Lipinski definition) is 8. The molecule has 2 aromatic rings. The van der Waals surface area contributed by atoms with Gasteiger partial charge in [0.2, 0.25) is 5.89 Å². The predicted molar refractivity (Wildman–Crippen MR) is 86.0 cm³/mol. The average Bonchev–Trinajstić information content (AvgIpc) is 3.04. The highest BCUT2D eigenvalue weighted by Crippen LogP contribution is 2.14. The summed E-state index contributed by atoms with van der Waals surface area (Å²) in [5.74, 6) is 1.56. The molecule has 9 nitrogen and oxygen atoms in total. The summed E-state index contributed by atoms with van der Waals surface area (Å²) < 4.78 is 5.27. The molecule has 9 heteroatoms. The van der Waals surface area contributed by atoms with Gasteiger partial charge in [0.15, 0.2) is 17.3 Å². The Morgan fingerprint density at radius 1 is 1.25 bits per heavy atom. The number of carbonyl (C=O) groups excluding carboxylic acids is 1. The Labute approximate surface area is 139 Å². The minimum Gasteiger partial charge on any atom is -0.382 e. The zero-order valence-electron chi connectivity index (χ0n) is 13.8. The molecule has 2 N–H and O–H groups in total. The fraction of sp³-hybridized carbons (Fsp3) is 0.533. The largest absolute Gasteiger partial charge is 0.382 e. The molecule has 0 aromatic carbocycles. The van der Waals surface area contributed by atoms with Gasteiger partial charge in [-0.05, 0) is 0 Å². The molecule has 3 heterocycles. The van der Waals surface area contributed by atoms with Crippen LogP contribution in [0.15, 0.2) is 16.9 Å². The Bertz CT molecular complexity index is 707. The van der Waals surface area contributed by atoms with Crippen molar-refractivity contribution in [3.05, 3.63) is 29.8 Å². The van der Waals surface area contributed by atoms with Crippen LogP contribution in [0.5, 0.6) is 0 Å². The second-order valence-corrected chi connectivity index (χ2v) is 6.06. The van der Waals surface area contributed by atoms with Crippen molar-refractivity contribution in [3.8, 4) is 0 Å². The smallest absolute Gasteiger partial charge is 0.276 e. The van der Waals surface area contributed by atoms with Crippen molar-refractivity contribution in [2.75, 3.05) is 31.9 Å². The van der Waals surface area contributed by atoms with E-state index in [1.54, 1.807) is 4.90 Å². The minimum atomic E-state index is -0.180. The Morgan fingerprint density at radius 2 is 1.96 bits per heavy atom. The van der Waals surface area contributed by atoms with Gasteiger partial charge in [0.05, 0.1) is 6.54 Å². The van der Waals surface area contributed by atoms with E-state index in [1.165, 1.54) is 12.4 Å². The number of piperazine rings is 1. The molecule has 24 heavy (non-hydrogen) atoms. The number of hydrogen-bond donors (Lipinski definition) is 1. The molecule has 0 saturated carbocycles. The van der Waals surface area contributed by atoms with Crippen LogP contribution < -0.4 is 5.73 Å². The van der Waals surface area contributed by atoms with Crippen LogP contribution in [0.3, 0.4) is 0 Å². The highest BCUT2D eigenvalue weighted by atomic mass is 16.5. The van der Waals surface area contributed by atoms with Crippen molar-refractivity contribution >= 4 is 11.7 Å². The highest BCUT2D eigenvalue weighted by molar-refractivity contribution is 5.96. The maximum Gasteiger partial charge on any atom is 0.276 e. The topological polar surface area (TPSA) is 114 Å². The molecule has 1 saturated heterocycles. The molecule has 3 rings (SSSR count). The van der Waals surface area contributed by atoms with E-state index in [4.69, 9.17) is 10.3 Å². The molecule has 0 radical (unpaired) electrons. The van der Waals surface area contributed by atoms with E-state index in [2.05, 4.69) is 25.0 Å². The van der Waals surface area contributed by atoms with Gasteiger partial charge in [0, 0.05) is 44.5 Å². The van der Waals surface area contributed by atoms with E-state index in [0.29, 0.717) is 25.5 Å². The second-order valence-electron chi connectivity index (χ2n) is 6.06. The number of anilines is 1. The molecule has 0 spiro atoms. The van der Waals surface area contributed by atoms with Gasteiger partial charge in [-0.3, -0.25) is 9.69 Å². The number of nitrogen functional groups attached to an aromatic ring is 1. The minimum absolute atomic E-state index is 0.164. The summed E-state index contributed by atoms with van der Waals surface area (Å²) >= 11 is 0. The number of nitrogens with two attached hydrogens (primary N) is 1. The van der Waals surface area contributed by atoms with E-state index in [1.807, 2.05) is 13.8 Å². The number of carbonyl (C=O) groups is 1. The number of amides is 1. The van der Waals surface area contributed by atoms with Gasteiger partial charge in [0.25, 0.3) is 5.91 Å². The van der Waals surface area contributed by atoms with Crippen LogP contribution in [-0.4, -0.2) is 62.0 Å². The van der Waals surface area contributed by atoms with Gasteiger partial charge >= 0.3 is 0 Å². The summed E-state index contributed by atoms with van der Waals surface area (Å²) in [5.41, 5.74) is 5.94. The Balaban J connectivity index is 1.55. The standard InChI is InChI=1S/C15H21N7O2/c1-10(2)14-19-11(24-20-14)9-21-5-7-22(8-6-21)15(23)12-13(16)18-4-3-17-12/h3-4,10H,5-9H2,1-2H3,(H2,16,18). The van der Waals surface area contributed by atoms with Crippen molar-refractivity contribution in [1.29, 1.82) is 0 Å². The first-order valence-electron chi connectivity index (χ1n) is 7.95. The van der Waals surface area contributed by atoms with Gasteiger partial charge in [-0.15, -0.1) is 0 Å². The molecule has 0 atom stereocenters. The SMILES string of the molecule is CC(C)c1noc(CN2CCN(C(=O)c3nccnc3N)CC2)n1. The lowest BCUT2D eigenvalue weighted by molar-refractivity contribution is 0.0610. The van der Waals surface area contributed by atoms with E-state index >= 15 is 0 Å². The lowest BCUT2D eigenvalue weighted by Crippen LogP contribution is -2.48. The summed E-state index contributed by atoms with van der Waals surface area (Å²) in [7, 11) is 0. The van der Waals surface area contributed by atoms with Crippen molar-refractivity contribution in [2.45, 2.75) is 26.3 Å². The molecule has 1 aliphatic rings. The Morgan fingerprint density at radius 3 is 2.58 bits per heavy atom.